The second kappa shape index (κ2) is 9.73. The van der Waals surface area contributed by atoms with Crippen molar-refractivity contribution >= 4 is 27.5 Å². The molecule has 2 aromatic carbocycles. The molecule has 0 heterocycles. The highest BCUT2D eigenvalue weighted by Crippen LogP contribution is 2.16. The number of rotatable bonds is 9. The topological polar surface area (TPSA) is 75.7 Å². The number of benzene rings is 2. The zero-order valence-corrected chi connectivity index (χ0v) is 16.9. The van der Waals surface area contributed by atoms with Crippen LogP contribution in [-0.2, 0) is 21.4 Å². The zero-order chi connectivity index (χ0) is 19.9. The van der Waals surface area contributed by atoms with Crippen molar-refractivity contribution in [3.05, 3.63) is 59.1 Å². The summed E-state index contributed by atoms with van der Waals surface area (Å²) < 4.78 is 32.3. The molecule has 0 aromatic heterocycles. The number of nitrogens with zero attached hydrogens (tertiary/aromatic N) is 1. The third kappa shape index (κ3) is 6.53. The van der Waals surface area contributed by atoms with E-state index in [0.29, 0.717) is 23.9 Å². The summed E-state index contributed by atoms with van der Waals surface area (Å²) in [4.78, 5) is 13.9. The van der Waals surface area contributed by atoms with E-state index in [1.165, 1.54) is 17.0 Å². The molecule has 1 N–H and O–H groups in total. The molecular formula is C19H23ClN2O4S. The fraction of sp³-hybridized carbons (Fsp3) is 0.316. The van der Waals surface area contributed by atoms with Crippen LogP contribution in [0.3, 0.4) is 0 Å². The maximum absolute atomic E-state index is 12.3. The fourth-order valence-electron chi connectivity index (χ4n) is 2.45. The first-order valence-electron chi connectivity index (χ1n) is 8.53. The molecule has 6 nitrogen and oxygen atoms in total. The van der Waals surface area contributed by atoms with Crippen LogP contribution in [0.25, 0.3) is 0 Å². The van der Waals surface area contributed by atoms with Crippen molar-refractivity contribution in [2.45, 2.75) is 24.8 Å². The van der Waals surface area contributed by atoms with Crippen LogP contribution < -0.4 is 9.46 Å². The first kappa shape index (κ1) is 21.2. The van der Waals surface area contributed by atoms with Crippen LogP contribution in [0.2, 0.25) is 5.02 Å². The van der Waals surface area contributed by atoms with E-state index >= 15 is 0 Å². The lowest BCUT2D eigenvalue weighted by atomic mass is 10.2. The number of hydrogen-bond donors (Lipinski definition) is 1. The van der Waals surface area contributed by atoms with E-state index in [1.807, 2.05) is 19.1 Å². The van der Waals surface area contributed by atoms with E-state index in [4.69, 9.17) is 16.3 Å². The lowest BCUT2D eigenvalue weighted by Gasteiger charge is -2.17. The molecule has 27 heavy (non-hydrogen) atoms. The Labute approximate surface area is 165 Å². The van der Waals surface area contributed by atoms with Crippen LogP contribution >= 0.6 is 11.6 Å². The Bertz CT molecular complexity index is 870. The van der Waals surface area contributed by atoms with Gasteiger partial charge in [0.05, 0.1) is 11.5 Å². The van der Waals surface area contributed by atoms with Crippen molar-refractivity contribution < 1.29 is 17.9 Å². The number of sulfonamides is 1. The smallest absolute Gasteiger partial charge is 0.240 e. The van der Waals surface area contributed by atoms with Gasteiger partial charge in [-0.2, -0.15) is 0 Å². The van der Waals surface area contributed by atoms with E-state index in [2.05, 4.69) is 4.72 Å². The number of nitrogens with one attached hydrogen (secondary N) is 1. The standard InChI is InChI=1S/C19H23ClN2O4S/c1-3-26-17-7-9-18(10-8-17)27(24,25)21-12-11-19(23)22(2)14-15-5-4-6-16(20)13-15/h4-10,13,21H,3,11-12,14H2,1-2H3. The largest absolute Gasteiger partial charge is 0.494 e. The van der Waals surface area contributed by atoms with Gasteiger partial charge in [0.25, 0.3) is 0 Å². The molecule has 0 radical (unpaired) electrons. The van der Waals surface area contributed by atoms with Crippen LogP contribution in [0.4, 0.5) is 0 Å². The molecule has 0 unspecified atom stereocenters. The minimum atomic E-state index is -3.67. The van der Waals surface area contributed by atoms with Crippen molar-refractivity contribution in [2.24, 2.45) is 0 Å². The summed E-state index contributed by atoms with van der Waals surface area (Å²) >= 11 is 5.94. The third-order valence-corrected chi connectivity index (χ3v) is 5.52. The summed E-state index contributed by atoms with van der Waals surface area (Å²) in [7, 11) is -2.00. The van der Waals surface area contributed by atoms with E-state index in [-0.39, 0.29) is 23.8 Å². The van der Waals surface area contributed by atoms with E-state index in [1.54, 1.807) is 31.3 Å². The molecule has 0 aliphatic heterocycles. The first-order valence-corrected chi connectivity index (χ1v) is 10.4. The van der Waals surface area contributed by atoms with Gasteiger partial charge in [-0.1, -0.05) is 23.7 Å². The number of amides is 1. The normalized spacial score (nSPS) is 11.2. The molecule has 0 bridgehead atoms. The van der Waals surface area contributed by atoms with E-state index < -0.39 is 10.0 Å². The highest BCUT2D eigenvalue weighted by atomic mass is 35.5. The molecule has 0 spiro atoms. The van der Waals surface area contributed by atoms with Crippen molar-refractivity contribution in [2.75, 3.05) is 20.2 Å². The van der Waals surface area contributed by atoms with E-state index in [9.17, 15) is 13.2 Å². The molecule has 0 fully saturated rings. The van der Waals surface area contributed by atoms with Gasteiger partial charge in [0.15, 0.2) is 0 Å². The van der Waals surface area contributed by atoms with Gasteiger partial charge >= 0.3 is 0 Å². The van der Waals surface area contributed by atoms with Gasteiger partial charge in [-0.15, -0.1) is 0 Å². The van der Waals surface area contributed by atoms with Gasteiger partial charge < -0.3 is 9.64 Å². The van der Waals surface area contributed by atoms with Crippen LogP contribution in [0.15, 0.2) is 53.4 Å². The second-order valence-electron chi connectivity index (χ2n) is 5.93. The van der Waals surface area contributed by atoms with Gasteiger partial charge in [-0.25, -0.2) is 13.1 Å². The van der Waals surface area contributed by atoms with Crippen LogP contribution in [0.1, 0.15) is 18.9 Å². The minimum absolute atomic E-state index is 0.0221. The Kier molecular flexibility index (Phi) is 7.65. The van der Waals surface area contributed by atoms with Gasteiger partial charge in [0, 0.05) is 31.6 Å². The van der Waals surface area contributed by atoms with Crippen molar-refractivity contribution in [3.8, 4) is 5.75 Å². The number of hydrogen-bond acceptors (Lipinski definition) is 4. The Balaban J connectivity index is 1.85. The molecule has 0 aliphatic carbocycles. The summed E-state index contributed by atoms with van der Waals surface area (Å²) in [5.74, 6) is 0.443. The average Bonchev–Trinajstić information content (AvgIpc) is 2.62. The fourth-order valence-corrected chi connectivity index (χ4v) is 3.69. The number of carbonyl (C=O) groups is 1. The Hall–Kier alpha value is -2.09. The van der Waals surface area contributed by atoms with Gasteiger partial charge in [0.1, 0.15) is 5.75 Å². The van der Waals surface area contributed by atoms with Crippen molar-refractivity contribution in [1.82, 2.24) is 9.62 Å². The summed E-state index contributed by atoms with van der Waals surface area (Å²) in [6.45, 7) is 2.79. The number of ether oxygens (including phenoxy) is 1. The predicted octanol–water partition coefficient (Wildman–Crippen LogP) is 3.07. The predicted molar refractivity (Wildman–Crippen MR) is 105 cm³/mol. The highest BCUT2D eigenvalue weighted by Gasteiger charge is 2.15. The molecule has 2 aromatic rings. The van der Waals surface area contributed by atoms with Gasteiger partial charge in [-0.05, 0) is 48.9 Å². The Morgan fingerprint density at radius 2 is 1.89 bits per heavy atom. The maximum atomic E-state index is 12.3. The summed E-state index contributed by atoms with van der Waals surface area (Å²) in [5, 5.41) is 0.608. The molecule has 146 valence electrons. The van der Waals surface area contributed by atoms with Crippen molar-refractivity contribution in [1.29, 1.82) is 0 Å². The molecule has 0 saturated heterocycles. The van der Waals surface area contributed by atoms with Crippen LogP contribution in [0, 0.1) is 0 Å². The van der Waals surface area contributed by atoms with Crippen molar-refractivity contribution in [3.63, 3.8) is 0 Å². The van der Waals surface area contributed by atoms with E-state index in [0.717, 1.165) is 5.56 Å². The highest BCUT2D eigenvalue weighted by molar-refractivity contribution is 7.89. The summed E-state index contributed by atoms with van der Waals surface area (Å²) in [5.41, 5.74) is 0.910. The second-order valence-corrected chi connectivity index (χ2v) is 8.14. The molecule has 0 saturated carbocycles. The Morgan fingerprint density at radius 1 is 1.19 bits per heavy atom. The molecule has 2 rings (SSSR count). The number of carbonyl (C=O) groups excluding carboxylic acids is 1. The lowest BCUT2D eigenvalue weighted by Crippen LogP contribution is -2.31. The van der Waals surface area contributed by atoms with Gasteiger partial charge in [0.2, 0.25) is 15.9 Å². The molecule has 0 aliphatic rings. The zero-order valence-electron chi connectivity index (χ0n) is 15.3. The summed E-state index contributed by atoms with van der Waals surface area (Å²) in [6, 6.07) is 13.4. The molecule has 8 heteroatoms. The molecular weight excluding hydrogens is 388 g/mol. The van der Waals surface area contributed by atoms with Crippen LogP contribution in [0.5, 0.6) is 5.75 Å². The third-order valence-electron chi connectivity index (χ3n) is 3.81. The lowest BCUT2D eigenvalue weighted by molar-refractivity contribution is -0.130. The van der Waals surface area contributed by atoms with Gasteiger partial charge in [-0.3, -0.25) is 4.79 Å². The number of halogens is 1. The average molecular weight is 411 g/mol. The molecule has 1 amide bonds. The first-order chi connectivity index (χ1) is 12.8. The van der Waals surface area contributed by atoms with Crippen LogP contribution in [-0.4, -0.2) is 39.4 Å². The summed E-state index contributed by atoms with van der Waals surface area (Å²) in [6.07, 6.45) is 0.0628. The monoisotopic (exact) mass is 410 g/mol. The molecule has 0 atom stereocenters. The maximum Gasteiger partial charge on any atom is 0.240 e. The Morgan fingerprint density at radius 3 is 2.52 bits per heavy atom. The quantitative estimate of drug-likeness (QED) is 0.689. The SMILES string of the molecule is CCOc1ccc(S(=O)(=O)NCCC(=O)N(C)Cc2cccc(Cl)c2)cc1. The minimum Gasteiger partial charge on any atom is -0.494 e.